The van der Waals surface area contributed by atoms with Crippen LogP contribution in [0.4, 0.5) is 0 Å². The van der Waals surface area contributed by atoms with Gasteiger partial charge >= 0.3 is 0 Å². The van der Waals surface area contributed by atoms with Gasteiger partial charge in [-0.1, -0.05) is 55.1 Å². The van der Waals surface area contributed by atoms with Gasteiger partial charge in [0.05, 0.1) is 0 Å². The Bertz CT molecular complexity index is 496. The molecule has 2 rings (SSSR count). The quantitative estimate of drug-likeness (QED) is 0.802. The largest absolute Gasteiger partial charge is 0.310 e. The van der Waals surface area contributed by atoms with E-state index in [1.807, 2.05) is 11.8 Å². The van der Waals surface area contributed by atoms with E-state index >= 15 is 0 Å². The van der Waals surface area contributed by atoms with Gasteiger partial charge in [0, 0.05) is 15.8 Å². The molecule has 0 aromatic heterocycles. The highest BCUT2D eigenvalue weighted by atomic mass is 32.2. The van der Waals surface area contributed by atoms with E-state index in [2.05, 4.69) is 73.8 Å². The average molecular weight is 271 g/mol. The van der Waals surface area contributed by atoms with Gasteiger partial charge in [0.15, 0.2) is 0 Å². The summed E-state index contributed by atoms with van der Waals surface area (Å²) in [5.41, 5.74) is 1.38. The average Bonchev–Trinajstić information content (AvgIpc) is 2.46. The zero-order valence-corrected chi connectivity index (χ0v) is 12.4. The minimum Gasteiger partial charge on any atom is -0.310 e. The van der Waals surface area contributed by atoms with Crippen LogP contribution in [0.15, 0.2) is 64.4 Å². The molecule has 2 aromatic carbocycles. The van der Waals surface area contributed by atoms with Crippen molar-refractivity contribution in [3.63, 3.8) is 0 Å². The summed E-state index contributed by atoms with van der Waals surface area (Å²) in [6.45, 7) is 5.50. The maximum absolute atomic E-state index is 3.56. The van der Waals surface area contributed by atoms with E-state index < -0.39 is 0 Å². The highest BCUT2D eigenvalue weighted by Gasteiger charge is 2.10. The van der Waals surface area contributed by atoms with E-state index in [0.717, 1.165) is 6.54 Å². The Morgan fingerprint density at radius 1 is 1.00 bits per heavy atom. The lowest BCUT2D eigenvalue weighted by Crippen LogP contribution is -2.19. The summed E-state index contributed by atoms with van der Waals surface area (Å²) in [7, 11) is 0. The number of hydrogen-bond acceptors (Lipinski definition) is 2. The molecule has 0 aliphatic rings. The minimum absolute atomic E-state index is 0.396. The van der Waals surface area contributed by atoms with E-state index in [4.69, 9.17) is 0 Å². The van der Waals surface area contributed by atoms with Gasteiger partial charge in [-0.15, -0.1) is 0 Å². The Labute approximate surface area is 120 Å². The van der Waals surface area contributed by atoms with Crippen LogP contribution in [0.25, 0.3) is 0 Å². The van der Waals surface area contributed by atoms with Crippen LogP contribution in [0, 0.1) is 0 Å². The van der Waals surface area contributed by atoms with Crippen molar-refractivity contribution in [2.24, 2.45) is 0 Å². The fourth-order valence-corrected chi connectivity index (χ4v) is 3.07. The number of hydrogen-bond donors (Lipinski definition) is 1. The highest BCUT2D eigenvalue weighted by molar-refractivity contribution is 7.99. The molecule has 2 heteroatoms. The molecular weight excluding hydrogens is 250 g/mol. The van der Waals surface area contributed by atoms with Gasteiger partial charge in [-0.25, -0.2) is 0 Å². The van der Waals surface area contributed by atoms with Gasteiger partial charge in [-0.3, -0.25) is 0 Å². The fourth-order valence-electron chi connectivity index (χ4n) is 2.02. The van der Waals surface area contributed by atoms with Crippen molar-refractivity contribution >= 4 is 11.8 Å². The summed E-state index contributed by atoms with van der Waals surface area (Å²) in [6, 6.07) is 19.6. The molecule has 0 aliphatic heterocycles. The fraction of sp³-hybridized carbons (Fsp3) is 0.294. The summed E-state index contributed by atoms with van der Waals surface area (Å²) in [6.07, 6.45) is 1.17. The lowest BCUT2D eigenvalue weighted by atomic mass is 10.1. The van der Waals surface area contributed by atoms with Crippen molar-refractivity contribution in [1.82, 2.24) is 5.32 Å². The Balaban J connectivity index is 2.16. The molecule has 1 N–H and O–H groups in total. The van der Waals surface area contributed by atoms with Crippen LogP contribution in [0.2, 0.25) is 0 Å². The molecule has 0 heterocycles. The molecule has 100 valence electrons. The molecule has 0 aliphatic carbocycles. The predicted octanol–water partition coefficient (Wildman–Crippen LogP) is 4.90. The monoisotopic (exact) mass is 271 g/mol. The third kappa shape index (κ3) is 4.12. The van der Waals surface area contributed by atoms with Crippen molar-refractivity contribution in [2.45, 2.75) is 36.1 Å². The molecule has 0 saturated carbocycles. The molecule has 0 fully saturated rings. The smallest absolute Gasteiger partial charge is 0.0303 e. The molecular formula is C17H21NS. The molecule has 1 unspecified atom stereocenters. The van der Waals surface area contributed by atoms with Crippen LogP contribution in [0.3, 0.4) is 0 Å². The summed E-state index contributed by atoms with van der Waals surface area (Å²) in [4.78, 5) is 2.63. The second-order valence-electron chi connectivity index (χ2n) is 4.63. The van der Waals surface area contributed by atoms with Crippen molar-refractivity contribution in [3.8, 4) is 0 Å². The minimum atomic E-state index is 0.396. The maximum Gasteiger partial charge on any atom is 0.0303 e. The van der Waals surface area contributed by atoms with E-state index in [0.29, 0.717) is 6.04 Å². The first kappa shape index (κ1) is 14.2. The summed E-state index contributed by atoms with van der Waals surface area (Å²) in [5, 5.41) is 3.56. The second-order valence-corrected chi connectivity index (χ2v) is 5.74. The molecule has 2 aromatic rings. The Kier molecular flexibility index (Phi) is 5.49. The molecule has 0 spiro atoms. The standard InChI is InChI=1S/C17H21NS/c1-3-13-18-14(2)16-11-7-8-12-17(16)19-15-9-5-4-6-10-15/h4-12,14,18H,3,13H2,1-2H3. The first-order chi connectivity index (χ1) is 9.31. The van der Waals surface area contributed by atoms with Crippen LogP contribution in [0.5, 0.6) is 0 Å². The van der Waals surface area contributed by atoms with Gasteiger partial charge < -0.3 is 5.32 Å². The summed E-state index contributed by atoms with van der Waals surface area (Å²) in [5.74, 6) is 0. The van der Waals surface area contributed by atoms with Gasteiger partial charge in [-0.05, 0) is 43.7 Å². The molecule has 1 atom stereocenters. The van der Waals surface area contributed by atoms with Gasteiger partial charge in [-0.2, -0.15) is 0 Å². The lowest BCUT2D eigenvalue weighted by Gasteiger charge is -2.17. The normalized spacial score (nSPS) is 12.3. The van der Waals surface area contributed by atoms with Crippen molar-refractivity contribution in [2.75, 3.05) is 6.54 Å². The molecule has 19 heavy (non-hydrogen) atoms. The molecule has 0 radical (unpaired) electrons. The molecule has 0 amide bonds. The van der Waals surface area contributed by atoms with Gasteiger partial charge in [0.2, 0.25) is 0 Å². The third-order valence-corrected chi connectivity index (χ3v) is 4.16. The third-order valence-electron chi connectivity index (χ3n) is 3.06. The predicted molar refractivity (Wildman–Crippen MR) is 83.7 cm³/mol. The zero-order chi connectivity index (χ0) is 13.5. The first-order valence-electron chi connectivity index (χ1n) is 6.86. The van der Waals surface area contributed by atoms with E-state index in [-0.39, 0.29) is 0 Å². The lowest BCUT2D eigenvalue weighted by molar-refractivity contribution is 0.564. The van der Waals surface area contributed by atoms with E-state index in [9.17, 15) is 0 Å². The number of rotatable bonds is 6. The van der Waals surface area contributed by atoms with Crippen molar-refractivity contribution in [3.05, 3.63) is 60.2 Å². The van der Waals surface area contributed by atoms with E-state index in [1.165, 1.54) is 21.8 Å². The van der Waals surface area contributed by atoms with Gasteiger partial charge in [0.25, 0.3) is 0 Å². The first-order valence-corrected chi connectivity index (χ1v) is 7.68. The number of nitrogens with one attached hydrogen (secondary N) is 1. The topological polar surface area (TPSA) is 12.0 Å². The second kappa shape index (κ2) is 7.37. The Morgan fingerprint density at radius 3 is 2.42 bits per heavy atom. The zero-order valence-electron chi connectivity index (χ0n) is 11.6. The summed E-state index contributed by atoms with van der Waals surface area (Å²) < 4.78 is 0. The van der Waals surface area contributed by atoms with Crippen LogP contribution in [-0.2, 0) is 0 Å². The van der Waals surface area contributed by atoms with Crippen LogP contribution in [-0.4, -0.2) is 6.54 Å². The Hall–Kier alpha value is -1.25. The Morgan fingerprint density at radius 2 is 1.68 bits per heavy atom. The maximum atomic E-state index is 3.56. The van der Waals surface area contributed by atoms with Crippen LogP contribution < -0.4 is 5.32 Å². The van der Waals surface area contributed by atoms with Crippen molar-refractivity contribution < 1.29 is 0 Å². The number of benzene rings is 2. The molecule has 1 nitrogen and oxygen atoms in total. The molecule has 0 saturated heterocycles. The molecule has 0 bridgehead atoms. The van der Waals surface area contributed by atoms with Crippen LogP contribution >= 0.6 is 11.8 Å². The summed E-state index contributed by atoms with van der Waals surface area (Å²) >= 11 is 1.84. The van der Waals surface area contributed by atoms with Crippen LogP contribution in [0.1, 0.15) is 31.9 Å². The van der Waals surface area contributed by atoms with Crippen molar-refractivity contribution in [1.29, 1.82) is 0 Å². The SMILES string of the molecule is CCCNC(C)c1ccccc1Sc1ccccc1. The van der Waals surface area contributed by atoms with E-state index in [1.54, 1.807) is 0 Å². The van der Waals surface area contributed by atoms with Gasteiger partial charge in [0.1, 0.15) is 0 Å². The highest BCUT2D eigenvalue weighted by Crippen LogP contribution is 2.32.